The highest BCUT2D eigenvalue weighted by Crippen LogP contribution is 2.45. The van der Waals surface area contributed by atoms with Gasteiger partial charge in [0.15, 0.2) is 12.2 Å². The fraction of sp³-hybridized carbons (Fsp3) is 0.474. The highest BCUT2D eigenvalue weighted by atomic mass is 32.2. The van der Waals surface area contributed by atoms with Gasteiger partial charge in [0, 0.05) is 41.2 Å². The lowest BCUT2D eigenvalue weighted by atomic mass is 9.65. The predicted octanol–water partition coefficient (Wildman–Crippen LogP) is 5.56. The van der Waals surface area contributed by atoms with E-state index in [-0.39, 0.29) is 31.8 Å². The maximum absolute atomic E-state index is 12.1. The molecule has 0 aromatic heterocycles. The summed E-state index contributed by atoms with van der Waals surface area (Å²) in [4.78, 5) is 45.8. The minimum Gasteiger partial charge on any atom is -0.490 e. The third kappa shape index (κ3) is 15.3. The lowest BCUT2D eigenvalue weighted by molar-refractivity contribution is -0.148. The van der Waals surface area contributed by atoms with Crippen molar-refractivity contribution in [1.82, 2.24) is 0 Å². The number of aliphatic carboxylic acids is 2. The van der Waals surface area contributed by atoms with Gasteiger partial charge in [-0.15, -0.1) is 0 Å². The Hall–Kier alpha value is -3.98. The Morgan fingerprint density at radius 2 is 1.04 bits per heavy atom. The van der Waals surface area contributed by atoms with Crippen molar-refractivity contribution >= 4 is 47.4 Å². The molecule has 1 fully saturated rings. The van der Waals surface area contributed by atoms with Crippen molar-refractivity contribution in [2.45, 2.75) is 49.7 Å². The largest absolute Gasteiger partial charge is 0.490 e. The molecule has 2 unspecified atom stereocenters. The van der Waals surface area contributed by atoms with Crippen LogP contribution < -0.4 is 9.47 Å². The average molecular weight is 761 g/mol. The van der Waals surface area contributed by atoms with Crippen molar-refractivity contribution in [2.75, 3.05) is 63.7 Å². The van der Waals surface area contributed by atoms with Gasteiger partial charge in [0.2, 0.25) is 0 Å². The molecule has 3 rings (SSSR count). The molecule has 0 heterocycles. The summed E-state index contributed by atoms with van der Waals surface area (Å²) in [5.41, 5.74) is 2.09. The van der Waals surface area contributed by atoms with Gasteiger partial charge in [-0.05, 0) is 60.7 Å². The number of thioether (sulfide) groups is 2. The number of carbonyl (C=O) groups excluding carboxylic acids is 2. The van der Waals surface area contributed by atoms with Crippen molar-refractivity contribution in [1.29, 1.82) is 0 Å². The number of rotatable bonds is 24. The van der Waals surface area contributed by atoms with Crippen LogP contribution >= 0.6 is 23.5 Å². The summed E-state index contributed by atoms with van der Waals surface area (Å²) in [7, 11) is 0. The molecule has 1 aliphatic carbocycles. The van der Waals surface area contributed by atoms with Crippen molar-refractivity contribution < 1.29 is 57.8 Å². The minimum absolute atomic E-state index is 0.0287. The fourth-order valence-electron chi connectivity index (χ4n) is 5.65. The molecule has 284 valence electrons. The number of carboxylic acid groups (broad SMARTS) is 2. The zero-order valence-electron chi connectivity index (χ0n) is 29.6. The normalized spacial score (nSPS) is 15.2. The fourth-order valence-corrected chi connectivity index (χ4v) is 6.22. The molecule has 0 saturated heterocycles. The summed E-state index contributed by atoms with van der Waals surface area (Å²) in [5, 5.41) is 17.6. The number of ether oxygens (including phenoxy) is 6. The molecule has 0 aliphatic heterocycles. The second kappa shape index (κ2) is 23.6. The van der Waals surface area contributed by atoms with Gasteiger partial charge in [-0.3, -0.25) is 0 Å². The zero-order chi connectivity index (χ0) is 37.6. The minimum atomic E-state index is -1.25. The van der Waals surface area contributed by atoms with E-state index in [1.807, 2.05) is 36.8 Å². The van der Waals surface area contributed by atoms with Crippen molar-refractivity contribution in [3.05, 3.63) is 84.0 Å². The van der Waals surface area contributed by atoms with Crippen LogP contribution in [0.5, 0.6) is 11.5 Å². The van der Waals surface area contributed by atoms with Gasteiger partial charge in [-0.2, -0.15) is 23.5 Å². The standard InChI is InChI=1S/C38H48O12S2/c1-51-22-20-45-24-32(49-36(43)16-14-34(39)40)26-47-30-10-6-28(7-11-30)38(18-4-3-5-19-38)29-8-12-31(13-9-29)48-27-33(25-46-21-23-52-2)50-37(44)17-15-35(41)42/h6-17,32-33H,3-5,18-27H2,1-2H3,(H,39,40)(H,41,42)/b16-14+,17-15+. The Morgan fingerprint density at radius 1 is 0.635 bits per heavy atom. The van der Waals surface area contributed by atoms with Crippen LogP contribution in [-0.2, 0) is 43.5 Å². The number of benzene rings is 2. The molecule has 2 aromatic rings. The number of carboxylic acids is 2. The van der Waals surface area contributed by atoms with E-state index in [0.29, 0.717) is 24.7 Å². The average Bonchev–Trinajstić information content (AvgIpc) is 3.15. The maximum atomic E-state index is 12.1. The molecule has 12 nitrogen and oxygen atoms in total. The van der Waals surface area contributed by atoms with Crippen LogP contribution in [0.25, 0.3) is 0 Å². The Labute approximate surface area is 313 Å². The van der Waals surface area contributed by atoms with Crippen LogP contribution in [0.2, 0.25) is 0 Å². The highest BCUT2D eigenvalue weighted by Gasteiger charge is 2.35. The Bertz CT molecular complexity index is 1350. The van der Waals surface area contributed by atoms with E-state index in [2.05, 4.69) is 24.3 Å². The first kappa shape index (κ1) is 42.4. The molecular weight excluding hydrogens is 713 g/mol. The van der Waals surface area contributed by atoms with E-state index in [9.17, 15) is 19.2 Å². The summed E-state index contributed by atoms with van der Waals surface area (Å²) >= 11 is 3.26. The molecule has 2 N–H and O–H groups in total. The second-order valence-corrected chi connectivity index (χ2v) is 13.9. The van der Waals surface area contributed by atoms with E-state index in [1.54, 1.807) is 23.5 Å². The van der Waals surface area contributed by atoms with Gasteiger partial charge in [-0.1, -0.05) is 43.5 Å². The summed E-state index contributed by atoms with van der Waals surface area (Å²) in [6, 6.07) is 15.8. The lowest BCUT2D eigenvalue weighted by Gasteiger charge is -2.39. The first-order valence-electron chi connectivity index (χ1n) is 17.0. The Morgan fingerprint density at radius 3 is 1.40 bits per heavy atom. The molecule has 0 spiro atoms. The number of hydrogen-bond acceptors (Lipinski definition) is 12. The maximum Gasteiger partial charge on any atom is 0.331 e. The Balaban J connectivity index is 1.68. The van der Waals surface area contributed by atoms with Crippen LogP contribution in [0.4, 0.5) is 0 Å². The van der Waals surface area contributed by atoms with Crippen molar-refractivity contribution in [2.24, 2.45) is 0 Å². The third-order valence-corrected chi connectivity index (χ3v) is 9.30. The van der Waals surface area contributed by atoms with Crippen LogP contribution in [-0.4, -0.2) is 110 Å². The molecular formula is C38H48O12S2. The molecule has 0 bridgehead atoms. The number of esters is 2. The van der Waals surface area contributed by atoms with Crippen molar-refractivity contribution in [3.63, 3.8) is 0 Å². The smallest absolute Gasteiger partial charge is 0.331 e. The van der Waals surface area contributed by atoms with E-state index in [4.69, 9.17) is 38.6 Å². The molecule has 0 amide bonds. The van der Waals surface area contributed by atoms with Gasteiger partial charge >= 0.3 is 23.9 Å². The monoisotopic (exact) mass is 760 g/mol. The van der Waals surface area contributed by atoms with E-state index in [1.165, 1.54) is 0 Å². The second-order valence-electron chi connectivity index (χ2n) is 11.9. The summed E-state index contributed by atoms with van der Waals surface area (Å²) in [6.07, 6.45) is 10.9. The zero-order valence-corrected chi connectivity index (χ0v) is 31.2. The first-order valence-corrected chi connectivity index (χ1v) is 19.8. The topological polar surface area (TPSA) is 164 Å². The quantitative estimate of drug-likeness (QED) is 0.0777. The molecule has 14 heteroatoms. The molecule has 1 aliphatic rings. The van der Waals surface area contributed by atoms with E-state index in [0.717, 1.165) is 79.0 Å². The van der Waals surface area contributed by atoms with Gasteiger partial charge in [-0.25, -0.2) is 19.2 Å². The van der Waals surface area contributed by atoms with Crippen LogP contribution in [0.1, 0.15) is 43.2 Å². The van der Waals surface area contributed by atoms with E-state index >= 15 is 0 Å². The van der Waals surface area contributed by atoms with Crippen molar-refractivity contribution in [3.8, 4) is 11.5 Å². The third-order valence-electron chi connectivity index (χ3n) is 8.15. The molecule has 2 atom stereocenters. The van der Waals surface area contributed by atoms with Gasteiger partial charge in [0.05, 0.1) is 26.4 Å². The van der Waals surface area contributed by atoms with Crippen LogP contribution in [0, 0.1) is 0 Å². The first-order chi connectivity index (χ1) is 25.1. The number of hydrogen-bond donors (Lipinski definition) is 2. The SMILES string of the molecule is CSCCOCC(COc1ccc(C2(c3ccc(OCC(COCCSC)OC(=O)/C=C/C(=O)O)cc3)CCCCC2)cc1)OC(=O)/C=C/C(=O)O. The summed E-state index contributed by atoms with van der Waals surface area (Å²) in [6.45, 7) is 1.22. The molecule has 1 saturated carbocycles. The van der Waals surface area contributed by atoms with Crippen LogP contribution in [0.15, 0.2) is 72.8 Å². The van der Waals surface area contributed by atoms with E-state index < -0.39 is 36.1 Å². The van der Waals surface area contributed by atoms with Gasteiger partial charge in [0.25, 0.3) is 0 Å². The predicted molar refractivity (Wildman–Crippen MR) is 199 cm³/mol. The van der Waals surface area contributed by atoms with Gasteiger partial charge < -0.3 is 38.6 Å². The summed E-state index contributed by atoms with van der Waals surface area (Å²) < 4.78 is 34.0. The molecule has 0 radical (unpaired) electrons. The van der Waals surface area contributed by atoms with Gasteiger partial charge in [0.1, 0.15) is 24.7 Å². The highest BCUT2D eigenvalue weighted by molar-refractivity contribution is 7.98. The molecule has 52 heavy (non-hydrogen) atoms. The van der Waals surface area contributed by atoms with Crippen LogP contribution in [0.3, 0.4) is 0 Å². The lowest BCUT2D eigenvalue weighted by Crippen LogP contribution is -2.31. The number of carbonyl (C=O) groups is 4. The summed E-state index contributed by atoms with van der Waals surface area (Å²) in [5.74, 6) is -1.33. The Kier molecular flexibility index (Phi) is 19.2. The molecule has 2 aromatic carbocycles.